The van der Waals surface area contributed by atoms with Crippen LogP contribution in [-0.2, 0) is 57.5 Å². The predicted octanol–water partition coefficient (Wildman–Crippen LogP) is -0.406. The molecule has 0 amide bonds. The summed E-state index contributed by atoms with van der Waals surface area (Å²) < 4.78 is 112. The van der Waals surface area contributed by atoms with Crippen LogP contribution in [-0.4, -0.2) is 61.5 Å². The van der Waals surface area contributed by atoms with Crippen molar-refractivity contribution >= 4 is 40.5 Å². The van der Waals surface area contributed by atoms with Crippen LogP contribution in [0.15, 0.2) is 0 Å². The lowest BCUT2D eigenvalue weighted by atomic mass is 10.6. The van der Waals surface area contributed by atoms with E-state index in [9.17, 15) is 33.7 Å². The van der Waals surface area contributed by atoms with Crippen molar-refractivity contribution in [3.63, 3.8) is 0 Å². The fraction of sp³-hybridized carbons (Fsp3) is 1.00. The highest BCUT2D eigenvalue weighted by atomic mass is 32.2. The molecule has 1 saturated carbocycles. The lowest BCUT2D eigenvalue weighted by molar-refractivity contribution is -0.0920. The van der Waals surface area contributed by atoms with Crippen LogP contribution in [0.4, 0.5) is 0 Å². The van der Waals surface area contributed by atoms with Crippen molar-refractivity contribution in [2.75, 3.05) is 11.5 Å². The minimum Gasteiger partial charge on any atom is -0.262 e. The zero-order valence-electron chi connectivity index (χ0n) is 15.0. The normalized spacial score (nSPS) is 24.3. The second-order valence-electron chi connectivity index (χ2n) is 5.92. The summed E-state index contributed by atoms with van der Waals surface area (Å²) in [5.74, 6) is -1.08. The predicted molar refractivity (Wildman–Crippen MR) is 92.0 cm³/mol. The van der Waals surface area contributed by atoms with Crippen molar-refractivity contribution in [2.24, 2.45) is 0 Å². The SMILES string of the molecule is CCCS(=O)(=O)OC1(S(=O)(=O)OOS(=O)(=O)C(C)C)CC1OS(=O)(=O)CC. The van der Waals surface area contributed by atoms with Gasteiger partial charge < -0.3 is 0 Å². The Balaban J connectivity index is 3.20. The molecule has 1 aliphatic rings. The third-order valence-electron chi connectivity index (χ3n) is 3.35. The summed E-state index contributed by atoms with van der Waals surface area (Å²) in [7, 11) is -18.2. The Morgan fingerprint density at radius 2 is 1.48 bits per heavy atom. The molecule has 0 bridgehead atoms. The topological polar surface area (TPSA) is 173 Å². The maximum absolute atomic E-state index is 12.4. The lowest BCUT2D eigenvalue weighted by Gasteiger charge is -2.17. The molecule has 0 N–H and O–H groups in total. The van der Waals surface area contributed by atoms with Crippen LogP contribution < -0.4 is 0 Å². The molecule has 1 fully saturated rings. The van der Waals surface area contributed by atoms with Crippen LogP contribution in [0.5, 0.6) is 0 Å². The molecule has 0 saturated heterocycles. The molecule has 162 valence electrons. The summed E-state index contributed by atoms with van der Waals surface area (Å²) in [6.45, 7) is 5.07. The minimum absolute atomic E-state index is 0.0797. The summed E-state index contributed by atoms with van der Waals surface area (Å²) >= 11 is 0. The van der Waals surface area contributed by atoms with Crippen LogP contribution >= 0.6 is 0 Å². The Hall–Kier alpha value is -0.360. The zero-order valence-corrected chi connectivity index (χ0v) is 18.3. The van der Waals surface area contributed by atoms with E-state index < -0.39 is 74.7 Å². The Kier molecular flexibility index (Phi) is 7.47. The van der Waals surface area contributed by atoms with Gasteiger partial charge in [-0.05, 0) is 27.2 Å². The molecular weight excluding hydrogens is 452 g/mol. The molecule has 27 heavy (non-hydrogen) atoms. The van der Waals surface area contributed by atoms with E-state index in [-0.39, 0.29) is 6.42 Å². The van der Waals surface area contributed by atoms with Crippen LogP contribution in [0.1, 0.15) is 40.5 Å². The second kappa shape index (κ2) is 8.17. The Bertz CT molecular complexity index is 945. The van der Waals surface area contributed by atoms with Gasteiger partial charge in [-0.1, -0.05) is 15.6 Å². The van der Waals surface area contributed by atoms with Crippen molar-refractivity contribution in [1.29, 1.82) is 0 Å². The van der Waals surface area contributed by atoms with Gasteiger partial charge in [-0.25, -0.2) is 4.18 Å². The van der Waals surface area contributed by atoms with Crippen LogP contribution in [0, 0.1) is 0 Å². The lowest BCUT2D eigenvalue weighted by Crippen LogP contribution is -2.37. The molecule has 1 rings (SSSR count). The molecule has 0 aromatic rings. The minimum atomic E-state index is -5.19. The molecule has 0 aromatic carbocycles. The Morgan fingerprint density at radius 1 is 0.926 bits per heavy atom. The summed E-state index contributed by atoms with van der Waals surface area (Å²) in [5, 5.41) is -1.17. The number of rotatable bonds is 12. The first kappa shape index (κ1) is 24.7. The zero-order chi connectivity index (χ0) is 21.3. The van der Waals surface area contributed by atoms with Crippen LogP contribution in [0.3, 0.4) is 0 Å². The van der Waals surface area contributed by atoms with E-state index in [4.69, 9.17) is 0 Å². The fourth-order valence-electron chi connectivity index (χ4n) is 1.66. The molecule has 0 aromatic heterocycles. The molecule has 2 unspecified atom stereocenters. The third-order valence-corrected chi connectivity index (χ3v) is 9.25. The van der Waals surface area contributed by atoms with Crippen molar-refractivity contribution in [3.05, 3.63) is 0 Å². The maximum Gasteiger partial charge on any atom is 0.329 e. The first-order valence-electron chi connectivity index (χ1n) is 7.74. The fourth-order valence-corrected chi connectivity index (χ4v) is 5.87. The summed E-state index contributed by atoms with van der Waals surface area (Å²) in [6, 6.07) is 0. The highest BCUT2D eigenvalue weighted by Gasteiger charge is 2.72. The van der Waals surface area contributed by atoms with E-state index in [0.29, 0.717) is 0 Å². The molecule has 2 atom stereocenters. The first-order chi connectivity index (χ1) is 12.0. The van der Waals surface area contributed by atoms with Gasteiger partial charge in [0.1, 0.15) is 6.10 Å². The Labute approximate surface area is 159 Å². The number of hydrogen-bond acceptors (Lipinski definition) is 12. The third kappa shape index (κ3) is 6.06. The van der Waals surface area contributed by atoms with Crippen LogP contribution in [0.25, 0.3) is 0 Å². The monoisotopic (exact) mass is 474 g/mol. The molecule has 0 aliphatic heterocycles. The smallest absolute Gasteiger partial charge is 0.262 e. The molecule has 1 aliphatic carbocycles. The molecule has 0 spiro atoms. The first-order valence-corrected chi connectivity index (χ1v) is 13.8. The summed E-state index contributed by atoms with van der Waals surface area (Å²) in [5.41, 5.74) is 0. The molecule has 0 heterocycles. The number of hydrogen-bond donors (Lipinski definition) is 0. The molecule has 12 nitrogen and oxygen atoms in total. The average Bonchev–Trinajstić information content (AvgIpc) is 3.17. The van der Waals surface area contributed by atoms with Gasteiger partial charge in [0.05, 0.1) is 16.8 Å². The van der Waals surface area contributed by atoms with Gasteiger partial charge in [0, 0.05) is 6.42 Å². The Morgan fingerprint density at radius 3 is 1.93 bits per heavy atom. The van der Waals surface area contributed by atoms with E-state index in [1.165, 1.54) is 27.7 Å². The maximum atomic E-state index is 12.4. The van der Waals surface area contributed by atoms with Gasteiger partial charge in [0.15, 0.2) is 0 Å². The largest absolute Gasteiger partial charge is 0.329 e. The van der Waals surface area contributed by atoms with Gasteiger partial charge >= 0.3 is 10.1 Å². The van der Waals surface area contributed by atoms with E-state index in [1.807, 2.05) is 0 Å². The summed E-state index contributed by atoms with van der Waals surface area (Å²) in [6.07, 6.45) is -2.39. The van der Waals surface area contributed by atoms with E-state index in [0.717, 1.165) is 0 Å². The van der Waals surface area contributed by atoms with Gasteiger partial charge in [-0.3, -0.25) is 4.18 Å². The van der Waals surface area contributed by atoms with Crippen molar-refractivity contribution < 1.29 is 50.7 Å². The van der Waals surface area contributed by atoms with E-state index in [1.54, 1.807) is 0 Å². The quantitative estimate of drug-likeness (QED) is 0.203. The van der Waals surface area contributed by atoms with Crippen molar-refractivity contribution in [3.8, 4) is 0 Å². The van der Waals surface area contributed by atoms with Gasteiger partial charge in [-0.15, -0.1) is 0 Å². The van der Waals surface area contributed by atoms with Crippen molar-refractivity contribution in [2.45, 2.75) is 56.8 Å². The molecule has 0 radical (unpaired) electrons. The van der Waals surface area contributed by atoms with E-state index >= 15 is 0 Å². The van der Waals surface area contributed by atoms with Crippen LogP contribution in [0.2, 0.25) is 0 Å². The second-order valence-corrected chi connectivity index (χ2v) is 13.3. The van der Waals surface area contributed by atoms with Gasteiger partial charge in [0.25, 0.3) is 30.4 Å². The highest BCUT2D eigenvalue weighted by molar-refractivity contribution is 7.91. The average molecular weight is 475 g/mol. The molecule has 16 heteroatoms. The summed E-state index contributed by atoms with van der Waals surface area (Å²) in [4.78, 5) is -2.77. The van der Waals surface area contributed by atoms with E-state index in [2.05, 4.69) is 17.0 Å². The standard InChI is InChI=1S/C11H22O12S4/c1-5-7-25(14,15)21-11(8-10(11)20-24(12,13)6-2)27(18,19)23-22-26(16,17)9(3)4/h9-10H,5-8H2,1-4H3. The van der Waals surface area contributed by atoms with Gasteiger partial charge in [0.2, 0.25) is 4.93 Å². The van der Waals surface area contributed by atoms with Crippen molar-refractivity contribution in [1.82, 2.24) is 0 Å². The highest BCUT2D eigenvalue weighted by Crippen LogP contribution is 2.50. The van der Waals surface area contributed by atoms with Gasteiger partial charge in [-0.2, -0.15) is 33.7 Å². The molecular formula is C11H22O12S4.